The molecule has 0 bridgehead atoms. The van der Waals surface area contributed by atoms with Crippen molar-refractivity contribution >= 4 is 5.82 Å². The van der Waals surface area contributed by atoms with Gasteiger partial charge in [-0.25, -0.2) is 18.7 Å². The largest absolute Gasteiger partial charge is 0.419 e. The molecule has 0 aliphatic rings. The van der Waals surface area contributed by atoms with E-state index >= 15 is 0 Å². The Morgan fingerprint density at radius 1 is 0.964 bits per heavy atom. The first-order valence-electron chi connectivity index (χ1n) is 8.10. The fourth-order valence-corrected chi connectivity index (χ4v) is 2.52. The second-order valence-corrected chi connectivity index (χ2v) is 5.93. The van der Waals surface area contributed by atoms with Gasteiger partial charge in [-0.3, -0.25) is 0 Å². The minimum Gasteiger partial charge on any atom is -0.387 e. The Kier molecular flexibility index (Phi) is 5.55. The number of nitrogens with zero attached hydrogens (tertiary/aromatic N) is 2. The van der Waals surface area contributed by atoms with Crippen LogP contribution >= 0.6 is 0 Å². The number of nitrogens with one attached hydrogen (secondary N) is 1. The zero-order chi connectivity index (χ0) is 20.3. The molecule has 0 aliphatic carbocycles. The molecule has 2 N–H and O–H groups in total. The van der Waals surface area contributed by atoms with Crippen LogP contribution in [0, 0.1) is 11.6 Å². The molecule has 3 rings (SSSR count). The summed E-state index contributed by atoms with van der Waals surface area (Å²) in [4.78, 5) is 7.89. The second-order valence-electron chi connectivity index (χ2n) is 5.93. The van der Waals surface area contributed by atoms with Crippen LogP contribution in [0.2, 0.25) is 0 Å². The van der Waals surface area contributed by atoms with Crippen molar-refractivity contribution < 1.29 is 27.1 Å². The minimum absolute atomic E-state index is 0.0451. The molecule has 4 nitrogen and oxygen atoms in total. The van der Waals surface area contributed by atoms with E-state index in [1.54, 1.807) is 0 Å². The molecule has 2 aromatic carbocycles. The predicted molar refractivity (Wildman–Crippen MR) is 92.3 cm³/mol. The minimum atomic E-state index is -4.78. The number of anilines is 1. The first kappa shape index (κ1) is 19.7. The Hall–Kier alpha value is -3.07. The van der Waals surface area contributed by atoms with E-state index in [-0.39, 0.29) is 23.6 Å². The summed E-state index contributed by atoms with van der Waals surface area (Å²) in [5.41, 5.74) is -0.504. The predicted octanol–water partition coefficient (Wildman–Crippen LogP) is 4.59. The fourth-order valence-electron chi connectivity index (χ4n) is 2.52. The number of rotatable bonds is 5. The molecular formula is C19H14F5N3O. The third kappa shape index (κ3) is 4.61. The van der Waals surface area contributed by atoms with Crippen LogP contribution in [-0.2, 0) is 6.18 Å². The molecular weight excluding hydrogens is 381 g/mol. The summed E-state index contributed by atoms with van der Waals surface area (Å²) in [7, 11) is 0. The van der Waals surface area contributed by atoms with Gasteiger partial charge in [-0.05, 0) is 29.8 Å². The Morgan fingerprint density at radius 3 is 2.32 bits per heavy atom. The lowest BCUT2D eigenvalue weighted by molar-refractivity contribution is -0.139. The summed E-state index contributed by atoms with van der Waals surface area (Å²) in [5, 5.41) is 13.0. The van der Waals surface area contributed by atoms with Crippen LogP contribution in [0.1, 0.15) is 17.2 Å². The van der Waals surface area contributed by atoms with Gasteiger partial charge in [0.15, 0.2) is 0 Å². The number of aliphatic hydroxyl groups excluding tert-OH is 1. The molecule has 0 saturated carbocycles. The molecule has 0 saturated heterocycles. The fraction of sp³-hybridized carbons (Fsp3) is 0.158. The van der Waals surface area contributed by atoms with E-state index in [1.165, 1.54) is 30.3 Å². The van der Waals surface area contributed by atoms with Gasteiger partial charge in [-0.2, -0.15) is 13.2 Å². The van der Waals surface area contributed by atoms with Crippen LogP contribution < -0.4 is 5.32 Å². The van der Waals surface area contributed by atoms with Gasteiger partial charge in [0.05, 0.1) is 17.4 Å². The topological polar surface area (TPSA) is 58.0 Å². The van der Waals surface area contributed by atoms with Gasteiger partial charge in [0.1, 0.15) is 23.8 Å². The maximum Gasteiger partial charge on any atom is 0.419 e. The number of aliphatic hydroxyl groups is 1. The van der Waals surface area contributed by atoms with E-state index in [2.05, 4.69) is 15.3 Å². The summed E-state index contributed by atoms with van der Waals surface area (Å²) in [5.74, 6) is -1.54. The van der Waals surface area contributed by atoms with E-state index in [9.17, 15) is 27.1 Å². The quantitative estimate of drug-likeness (QED) is 0.621. The SMILES string of the molecule is O[C@@H](CNc1cc(-c2ccc(C(F)(F)F)c(F)c2)ncn1)c1ccc(F)cc1. The molecule has 1 aromatic heterocycles. The van der Waals surface area contributed by atoms with Crippen LogP contribution in [0.3, 0.4) is 0 Å². The van der Waals surface area contributed by atoms with Gasteiger partial charge in [0.25, 0.3) is 0 Å². The van der Waals surface area contributed by atoms with Gasteiger partial charge in [-0.15, -0.1) is 0 Å². The van der Waals surface area contributed by atoms with Gasteiger partial charge in [0.2, 0.25) is 0 Å². The summed E-state index contributed by atoms with van der Waals surface area (Å²) in [6.45, 7) is 0.0451. The van der Waals surface area contributed by atoms with E-state index in [4.69, 9.17) is 0 Å². The number of halogens is 5. The first-order valence-corrected chi connectivity index (χ1v) is 8.10. The Balaban J connectivity index is 1.74. The van der Waals surface area contributed by atoms with Gasteiger partial charge in [0, 0.05) is 18.2 Å². The number of aromatic nitrogens is 2. The molecule has 0 aliphatic heterocycles. The molecule has 1 atom stereocenters. The highest BCUT2D eigenvalue weighted by molar-refractivity contribution is 5.62. The standard InChI is InChI=1S/C19H14F5N3O/c20-13-4-1-11(2-5-13)17(28)9-25-18-8-16(26-10-27-18)12-3-6-14(15(21)7-12)19(22,23)24/h1-8,10,17,28H,9H2,(H,25,26,27)/t17-/m0/s1. The zero-order valence-electron chi connectivity index (χ0n) is 14.2. The van der Waals surface area contributed by atoms with Crippen LogP contribution in [0.15, 0.2) is 54.9 Å². The highest BCUT2D eigenvalue weighted by atomic mass is 19.4. The zero-order valence-corrected chi connectivity index (χ0v) is 14.2. The normalized spacial score (nSPS) is 12.6. The summed E-state index contributed by atoms with van der Waals surface area (Å²) >= 11 is 0. The molecule has 1 heterocycles. The number of hydrogen-bond donors (Lipinski definition) is 2. The number of benzene rings is 2. The van der Waals surface area contributed by atoms with Crippen LogP contribution in [0.25, 0.3) is 11.3 Å². The van der Waals surface area contributed by atoms with Gasteiger partial charge < -0.3 is 10.4 Å². The molecule has 3 aromatic rings. The smallest absolute Gasteiger partial charge is 0.387 e. The van der Waals surface area contributed by atoms with Gasteiger partial charge in [-0.1, -0.05) is 18.2 Å². The molecule has 28 heavy (non-hydrogen) atoms. The Labute approximate surface area is 156 Å². The maximum atomic E-state index is 13.8. The van der Waals surface area contributed by atoms with Crippen LogP contribution in [0.4, 0.5) is 27.8 Å². The Morgan fingerprint density at radius 2 is 1.68 bits per heavy atom. The highest BCUT2D eigenvalue weighted by Gasteiger charge is 2.34. The van der Waals surface area contributed by atoms with E-state index in [0.29, 0.717) is 11.6 Å². The summed E-state index contributed by atoms with van der Waals surface area (Å²) < 4.78 is 64.7. The van der Waals surface area contributed by atoms with E-state index in [0.717, 1.165) is 18.5 Å². The van der Waals surface area contributed by atoms with Crippen molar-refractivity contribution in [3.63, 3.8) is 0 Å². The molecule has 0 radical (unpaired) electrons. The molecule has 0 spiro atoms. The van der Waals surface area contributed by atoms with E-state index in [1.807, 2.05) is 0 Å². The van der Waals surface area contributed by atoms with E-state index < -0.39 is 29.5 Å². The third-order valence-electron chi connectivity index (χ3n) is 3.97. The maximum absolute atomic E-state index is 13.8. The summed E-state index contributed by atoms with van der Waals surface area (Å²) in [6, 6.07) is 9.27. The lowest BCUT2D eigenvalue weighted by Gasteiger charge is -2.13. The average molecular weight is 395 g/mol. The monoisotopic (exact) mass is 395 g/mol. The molecule has 146 valence electrons. The molecule has 0 fully saturated rings. The van der Waals surface area contributed by atoms with Crippen molar-refractivity contribution in [1.82, 2.24) is 9.97 Å². The van der Waals surface area contributed by atoms with Crippen LogP contribution in [0.5, 0.6) is 0 Å². The summed E-state index contributed by atoms with van der Waals surface area (Å²) in [6.07, 6.45) is -4.56. The van der Waals surface area contributed by atoms with Crippen molar-refractivity contribution in [3.05, 3.63) is 77.6 Å². The lowest BCUT2D eigenvalue weighted by Crippen LogP contribution is -2.13. The highest BCUT2D eigenvalue weighted by Crippen LogP contribution is 2.33. The lowest BCUT2D eigenvalue weighted by atomic mass is 10.1. The second kappa shape index (κ2) is 7.89. The molecule has 0 amide bonds. The van der Waals surface area contributed by atoms with Crippen LogP contribution in [-0.4, -0.2) is 21.6 Å². The Bertz CT molecular complexity index is 961. The van der Waals surface area contributed by atoms with Crippen molar-refractivity contribution in [2.24, 2.45) is 0 Å². The van der Waals surface area contributed by atoms with Crippen molar-refractivity contribution in [1.29, 1.82) is 0 Å². The molecule has 9 heteroatoms. The number of alkyl halides is 3. The van der Waals surface area contributed by atoms with Crippen molar-refractivity contribution in [3.8, 4) is 11.3 Å². The van der Waals surface area contributed by atoms with Crippen molar-refractivity contribution in [2.45, 2.75) is 12.3 Å². The van der Waals surface area contributed by atoms with Gasteiger partial charge >= 0.3 is 6.18 Å². The third-order valence-corrected chi connectivity index (χ3v) is 3.97. The first-order chi connectivity index (χ1) is 13.2. The number of hydrogen-bond acceptors (Lipinski definition) is 4. The average Bonchev–Trinajstić information content (AvgIpc) is 2.66. The van der Waals surface area contributed by atoms with Crippen molar-refractivity contribution in [2.75, 3.05) is 11.9 Å². The molecule has 0 unspecified atom stereocenters.